The zero-order valence-electron chi connectivity index (χ0n) is 14.6. The third-order valence-electron chi connectivity index (χ3n) is 4.45. The van der Waals surface area contributed by atoms with Crippen molar-refractivity contribution in [3.63, 3.8) is 0 Å². The van der Waals surface area contributed by atoms with Crippen molar-refractivity contribution in [1.82, 2.24) is 15.3 Å². The van der Waals surface area contributed by atoms with Crippen LogP contribution in [0.3, 0.4) is 0 Å². The number of rotatable bonds is 4. The van der Waals surface area contributed by atoms with Gasteiger partial charge >= 0.3 is 0 Å². The van der Waals surface area contributed by atoms with Crippen LogP contribution in [0.25, 0.3) is 0 Å². The summed E-state index contributed by atoms with van der Waals surface area (Å²) < 4.78 is 12.9. The van der Waals surface area contributed by atoms with Gasteiger partial charge in [-0.2, -0.15) is 0 Å². The molecule has 0 radical (unpaired) electrons. The van der Waals surface area contributed by atoms with Gasteiger partial charge in [0.15, 0.2) is 0 Å². The molecule has 1 aliphatic rings. The van der Waals surface area contributed by atoms with Gasteiger partial charge in [-0.3, -0.25) is 4.79 Å². The van der Waals surface area contributed by atoms with E-state index in [1.54, 1.807) is 12.1 Å². The van der Waals surface area contributed by atoms with E-state index < -0.39 is 0 Å². The lowest BCUT2D eigenvalue weighted by molar-refractivity contribution is -0.125. The van der Waals surface area contributed by atoms with E-state index in [0.29, 0.717) is 13.1 Å². The van der Waals surface area contributed by atoms with Crippen LogP contribution in [-0.4, -0.2) is 29.0 Å². The molecule has 6 heteroatoms. The minimum atomic E-state index is -0.270. The number of carbonyl (C=O) groups is 1. The molecule has 1 aromatic heterocycles. The maximum atomic E-state index is 12.9. The first kappa shape index (κ1) is 17.3. The predicted molar refractivity (Wildman–Crippen MR) is 94.7 cm³/mol. The molecule has 1 amide bonds. The first-order valence-corrected chi connectivity index (χ1v) is 8.60. The molecule has 1 unspecified atom stereocenters. The number of anilines is 1. The molecule has 0 bridgehead atoms. The lowest BCUT2D eigenvalue weighted by atomic mass is 9.97. The zero-order valence-corrected chi connectivity index (χ0v) is 14.6. The molecule has 2 heterocycles. The summed E-state index contributed by atoms with van der Waals surface area (Å²) in [4.78, 5) is 23.5. The Bertz CT molecular complexity index is 727. The standard InChI is InChI=1S/C19H23FN4O/c1-13-10-18(23-14(2)22-13)24-9-3-4-16(12-24)19(25)21-11-15-5-7-17(20)8-6-15/h5-8,10,16H,3-4,9,11-12H2,1-2H3,(H,21,25). The summed E-state index contributed by atoms with van der Waals surface area (Å²) >= 11 is 0. The largest absolute Gasteiger partial charge is 0.356 e. The highest BCUT2D eigenvalue weighted by Crippen LogP contribution is 2.22. The number of hydrogen-bond donors (Lipinski definition) is 1. The Kier molecular flexibility index (Phi) is 5.26. The fraction of sp³-hybridized carbons (Fsp3) is 0.421. The summed E-state index contributed by atoms with van der Waals surface area (Å²) in [6, 6.07) is 8.16. The van der Waals surface area contributed by atoms with Crippen LogP contribution < -0.4 is 10.2 Å². The summed E-state index contributed by atoms with van der Waals surface area (Å²) in [7, 11) is 0. The molecule has 1 atom stereocenters. The van der Waals surface area contributed by atoms with Crippen LogP contribution in [0.15, 0.2) is 30.3 Å². The monoisotopic (exact) mass is 342 g/mol. The second kappa shape index (κ2) is 7.59. The highest BCUT2D eigenvalue weighted by molar-refractivity contribution is 5.79. The summed E-state index contributed by atoms with van der Waals surface area (Å²) in [5.74, 6) is 1.34. The van der Waals surface area contributed by atoms with Crippen LogP contribution in [0, 0.1) is 25.6 Å². The molecule has 0 aliphatic carbocycles. The van der Waals surface area contributed by atoms with Crippen molar-refractivity contribution < 1.29 is 9.18 Å². The van der Waals surface area contributed by atoms with E-state index in [4.69, 9.17) is 0 Å². The molecule has 1 saturated heterocycles. The minimum absolute atomic E-state index is 0.0384. The number of benzene rings is 1. The molecule has 1 fully saturated rings. The maximum absolute atomic E-state index is 12.9. The van der Waals surface area contributed by atoms with Crippen molar-refractivity contribution in [2.24, 2.45) is 5.92 Å². The molecule has 25 heavy (non-hydrogen) atoms. The number of piperidine rings is 1. The maximum Gasteiger partial charge on any atom is 0.225 e. The number of hydrogen-bond acceptors (Lipinski definition) is 4. The van der Waals surface area contributed by atoms with Gasteiger partial charge in [0, 0.05) is 31.4 Å². The average molecular weight is 342 g/mol. The van der Waals surface area contributed by atoms with Crippen molar-refractivity contribution >= 4 is 11.7 Å². The topological polar surface area (TPSA) is 58.1 Å². The summed E-state index contributed by atoms with van der Waals surface area (Å²) in [5, 5.41) is 2.96. The number of nitrogens with zero attached hydrogens (tertiary/aromatic N) is 3. The fourth-order valence-corrected chi connectivity index (χ4v) is 3.19. The number of nitrogens with one attached hydrogen (secondary N) is 1. The second-order valence-electron chi connectivity index (χ2n) is 6.54. The highest BCUT2D eigenvalue weighted by atomic mass is 19.1. The first-order chi connectivity index (χ1) is 12.0. The van der Waals surface area contributed by atoms with Gasteiger partial charge in [0.25, 0.3) is 0 Å². The third kappa shape index (κ3) is 4.53. The Morgan fingerprint density at radius 3 is 2.76 bits per heavy atom. The lowest BCUT2D eigenvalue weighted by Crippen LogP contribution is -2.43. The van der Waals surface area contributed by atoms with Gasteiger partial charge in [-0.25, -0.2) is 14.4 Å². The van der Waals surface area contributed by atoms with E-state index in [9.17, 15) is 9.18 Å². The Hall–Kier alpha value is -2.50. The van der Waals surface area contributed by atoms with E-state index >= 15 is 0 Å². The van der Waals surface area contributed by atoms with Crippen LogP contribution in [-0.2, 0) is 11.3 Å². The van der Waals surface area contributed by atoms with Gasteiger partial charge in [0.2, 0.25) is 5.91 Å². The number of carbonyl (C=O) groups excluding carboxylic acids is 1. The molecule has 3 rings (SSSR count). The molecule has 1 aromatic carbocycles. The second-order valence-corrected chi connectivity index (χ2v) is 6.54. The van der Waals surface area contributed by atoms with Crippen molar-refractivity contribution in [2.75, 3.05) is 18.0 Å². The Morgan fingerprint density at radius 1 is 1.28 bits per heavy atom. The smallest absolute Gasteiger partial charge is 0.225 e. The van der Waals surface area contributed by atoms with Gasteiger partial charge in [0.1, 0.15) is 17.5 Å². The average Bonchev–Trinajstić information content (AvgIpc) is 2.60. The van der Waals surface area contributed by atoms with E-state index in [1.807, 2.05) is 19.9 Å². The number of aromatic nitrogens is 2. The van der Waals surface area contributed by atoms with Gasteiger partial charge in [-0.05, 0) is 44.4 Å². The summed E-state index contributed by atoms with van der Waals surface area (Å²) in [5.41, 5.74) is 1.83. The van der Waals surface area contributed by atoms with Crippen LogP contribution in [0.2, 0.25) is 0 Å². The molecule has 1 N–H and O–H groups in total. The summed E-state index contributed by atoms with van der Waals surface area (Å²) in [6.45, 7) is 5.81. The van der Waals surface area contributed by atoms with Crippen LogP contribution >= 0.6 is 0 Å². The van der Waals surface area contributed by atoms with Crippen molar-refractivity contribution in [1.29, 1.82) is 0 Å². The van der Waals surface area contributed by atoms with E-state index in [1.165, 1.54) is 12.1 Å². The van der Waals surface area contributed by atoms with Gasteiger partial charge < -0.3 is 10.2 Å². The summed E-state index contributed by atoms with van der Waals surface area (Å²) in [6.07, 6.45) is 1.82. The number of halogens is 1. The van der Waals surface area contributed by atoms with Gasteiger partial charge in [-0.15, -0.1) is 0 Å². The van der Waals surface area contributed by atoms with Crippen LogP contribution in [0.1, 0.15) is 29.9 Å². The molecule has 0 spiro atoms. The van der Waals surface area contributed by atoms with E-state index in [2.05, 4.69) is 20.2 Å². The van der Waals surface area contributed by atoms with Gasteiger partial charge in [-0.1, -0.05) is 12.1 Å². The Labute approximate surface area is 147 Å². The molecule has 2 aromatic rings. The Balaban J connectivity index is 1.60. The highest BCUT2D eigenvalue weighted by Gasteiger charge is 2.26. The first-order valence-electron chi connectivity index (χ1n) is 8.60. The third-order valence-corrected chi connectivity index (χ3v) is 4.45. The molecule has 1 aliphatic heterocycles. The molecule has 132 valence electrons. The van der Waals surface area contributed by atoms with E-state index in [-0.39, 0.29) is 17.6 Å². The zero-order chi connectivity index (χ0) is 17.8. The Morgan fingerprint density at radius 2 is 2.04 bits per heavy atom. The number of amides is 1. The van der Waals surface area contributed by atoms with Crippen molar-refractivity contribution in [2.45, 2.75) is 33.2 Å². The lowest BCUT2D eigenvalue weighted by Gasteiger charge is -2.33. The van der Waals surface area contributed by atoms with E-state index in [0.717, 1.165) is 42.3 Å². The molecular weight excluding hydrogens is 319 g/mol. The molecule has 5 nitrogen and oxygen atoms in total. The molecule has 0 saturated carbocycles. The van der Waals surface area contributed by atoms with Gasteiger partial charge in [0.05, 0.1) is 5.92 Å². The number of aryl methyl sites for hydroxylation is 2. The van der Waals surface area contributed by atoms with Crippen molar-refractivity contribution in [3.8, 4) is 0 Å². The van der Waals surface area contributed by atoms with Crippen LogP contribution in [0.5, 0.6) is 0 Å². The SMILES string of the molecule is Cc1cc(N2CCCC(C(=O)NCc3ccc(F)cc3)C2)nc(C)n1. The minimum Gasteiger partial charge on any atom is -0.356 e. The van der Waals surface area contributed by atoms with Crippen LogP contribution in [0.4, 0.5) is 10.2 Å². The van der Waals surface area contributed by atoms with Crippen molar-refractivity contribution in [3.05, 3.63) is 53.2 Å². The molecular formula is C19H23FN4O. The quantitative estimate of drug-likeness (QED) is 0.928. The fourth-order valence-electron chi connectivity index (χ4n) is 3.19. The normalized spacial score (nSPS) is 17.4. The predicted octanol–water partition coefficient (Wildman–Crippen LogP) is 2.77.